The summed E-state index contributed by atoms with van der Waals surface area (Å²) < 4.78 is 6.11. The summed E-state index contributed by atoms with van der Waals surface area (Å²) in [5.74, 6) is 0.501. The third kappa shape index (κ3) is 4.63. The molecule has 0 saturated heterocycles. The first-order valence-corrected chi connectivity index (χ1v) is 11.3. The summed E-state index contributed by atoms with van der Waals surface area (Å²) in [6.07, 6.45) is 1.86. The van der Waals surface area contributed by atoms with E-state index in [1.165, 1.54) is 5.01 Å². The Morgan fingerprint density at radius 1 is 0.794 bits per heavy atom. The van der Waals surface area contributed by atoms with Gasteiger partial charge in [0.2, 0.25) is 0 Å². The average molecular weight is 465 g/mol. The van der Waals surface area contributed by atoms with Gasteiger partial charge in [0.05, 0.1) is 11.3 Å². The van der Waals surface area contributed by atoms with E-state index < -0.39 is 0 Å². The molecule has 1 heterocycles. The number of ether oxygens (including phenoxy) is 1. The largest absolute Gasteiger partial charge is 0.488 e. The molecule has 0 N–H and O–H groups in total. The predicted octanol–water partition coefficient (Wildman–Crippen LogP) is 6.75. The van der Waals surface area contributed by atoms with Gasteiger partial charge in [0, 0.05) is 16.1 Å². The van der Waals surface area contributed by atoms with Crippen molar-refractivity contribution in [3.05, 3.63) is 136 Å². The summed E-state index contributed by atoms with van der Waals surface area (Å²) in [6, 6.07) is 34.4. The number of para-hydroxylation sites is 2. The lowest BCUT2D eigenvalue weighted by Gasteiger charge is -2.12. The van der Waals surface area contributed by atoms with E-state index in [1.807, 2.05) is 115 Å². The third-order valence-electron chi connectivity index (χ3n) is 5.45. The maximum Gasteiger partial charge on any atom is 0.281 e. The topological polar surface area (TPSA) is 41.9 Å². The number of amides is 1. The van der Waals surface area contributed by atoms with Crippen molar-refractivity contribution in [1.82, 2.24) is 0 Å². The third-order valence-corrected chi connectivity index (χ3v) is 5.70. The summed E-state index contributed by atoms with van der Waals surface area (Å²) >= 11 is 5.99. The van der Waals surface area contributed by atoms with E-state index in [1.54, 1.807) is 0 Å². The molecule has 166 valence electrons. The molecule has 0 atom stereocenters. The lowest BCUT2D eigenvalue weighted by molar-refractivity contribution is -0.114. The normalized spacial score (nSPS) is 14.4. The molecule has 0 radical (unpaired) electrons. The summed E-state index contributed by atoms with van der Waals surface area (Å²) in [6.45, 7) is 0.390. The molecule has 0 aromatic heterocycles. The van der Waals surface area contributed by atoms with Crippen molar-refractivity contribution in [2.75, 3.05) is 5.01 Å². The van der Waals surface area contributed by atoms with Crippen LogP contribution in [-0.4, -0.2) is 11.6 Å². The van der Waals surface area contributed by atoms with E-state index in [0.29, 0.717) is 28.7 Å². The lowest BCUT2D eigenvalue weighted by atomic mass is 10.00. The number of benzene rings is 4. The van der Waals surface area contributed by atoms with Crippen LogP contribution in [0.25, 0.3) is 6.08 Å². The molecule has 5 heteroatoms. The predicted molar refractivity (Wildman–Crippen MR) is 137 cm³/mol. The van der Waals surface area contributed by atoms with Crippen LogP contribution in [0.4, 0.5) is 5.69 Å². The zero-order chi connectivity index (χ0) is 23.3. The smallest absolute Gasteiger partial charge is 0.281 e. The summed E-state index contributed by atoms with van der Waals surface area (Å²) in [5, 5.41) is 6.83. The van der Waals surface area contributed by atoms with Crippen molar-refractivity contribution in [3.8, 4) is 5.75 Å². The Morgan fingerprint density at radius 3 is 2.18 bits per heavy atom. The van der Waals surface area contributed by atoms with Gasteiger partial charge in [-0.05, 0) is 42.0 Å². The van der Waals surface area contributed by atoms with Crippen LogP contribution in [0.2, 0.25) is 5.02 Å². The number of hydrazone groups is 1. The molecule has 1 aliphatic heterocycles. The molecule has 5 rings (SSSR count). The van der Waals surface area contributed by atoms with Crippen molar-refractivity contribution < 1.29 is 9.53 Å². The first-order valence-electron chi connectivity index (χ1n) is 10.9. The highest BCUT2D eigenvalue weighted by atomic mass is 35.5. The maximum absolute atomic E-state index is 13.5. The zero-order valence-electron chi connectivity index (χ0n) is 18.3. The number of hydrogen-bond acceptors (Lipinski definition) is 3. The van der Waals surface area contributed by atoms with Crippen molar-refractivity contribution in [1.29, 1.82) is 0 Å². The highest BCUT2D eigenvalue weighted by Gasteiger charge is 2.32. The molecule has 0 unspecified atom stereocenters. The average Bonchev–Trinajstić information content (AvgIpc) is 3.21. The Balaban J connectivity index is 1.51. The van der Waals surface area contributed by atoms with Gasteiger partial charge in [-0.3, -0.25) is 4.79 Å². The molecule has 4 aromatic carbocycles. The van der Waals surface area contributed by atoms with Crippen LogP contribution in [0.3, 0.4) is 0 Å². The maximum atomic E-state index is 13.5. The molecule has 0 spiro atoms. The van der Waals surface area contributed by atoms with Gasteiger partial charge in [-0.25, -0.2) is 0 Å². The second-order valence-corrected chi connectivity index (χ2v) is 8.21. The van der Waals surface area contributed by atoms with Gasteiger partial charge in [0.25, 0.3) is 5.91 Å². The number of rotatable bonds is 6. The molecular weight excluding hydrogens is 444 g/mol. The quantitative estimate of drug-likeness (QED) is 0.296. The van der Waals surface area contributed by atoms with Crippen molar-refractivity contribution >= 4 is 35.0 Å². The highest BCUT2D eigenvalue weighted by molar-refractivity contribution is 6.37. The second-order valence-electron chi connectivity index (χ2n) is 7.78. The van der Waals surface area contributed by atoms with Crippen LogP contribution in [0.5, 0.6) is 5.75 Å². The fourth-order valence-electron chi connectivity index (χ4n) is 3.73. The Bertz CT molecular complexity index is 1360. The molecule has 34 heavy (non-hydrogen) atoms. The standard InChI is InChI=1S/C29H21ClN2O2/c30-24-17-15-21(16-18-24)20-34-27-14-8-7-11-23(27)19-26-28(22-9-3-1-4-10-22)31-32(29(26)33)25-12-5-2-6-13-25/h1-19H,20H2. The van der Waals surface area contributed by atoms with Gasteiger partial charge < -0.3 is 4.74 Å². The van der Waals surface area contributed by atoms with Gasteiger partial charge in [0.1, 0.15) is 18.1 Å². The van der Waals surface area contributed by atoms with E-state index in [2.05, 4.69) is 0 Å². The number of halogens is 1. The van der Waals surface area contributed by atoms with Gasteiger partial charge in [-0.2, -0.15) is 10.1 Å². The Kier molecular flexibility index (Phi) is 6.23. The van der Waals surface area contributed by atoms with Crippen LogP contribution in [0, 0.1) is 0 Å². The van der Waals surface area contributed by atoms with Gasteiger partial charge >= 0.3 is 0 Å². The van der Waals surface area contributed by atoms with E-state index in [4.69, 9.17) is 21.4 Å². The number of carbonyl (C=O) groups is 1. The minimum atomic E-state index is -0.183. The molecule has 0 fully saturated rings. The second kappa shape index (κ2) is 9.77. The van der Waals surface area contributed by atoms with E-state index >= 15 is 0 Å². The first kappa shape index (κ1) is 21.7. The molecule has 4 nitrogen and oxygen atoms in total. The number of nitrogens with zero attached hydrogens (tertiary/aromatic N) is 2. The van der Waals surface area contributed by atoms with E-state index in [0.717, 1.165) is 22.4 Å². The summed E-state index contributed by atoms with van der Waals surface area (Å²) in [7, 11) is 0. The van der Waals surface area contributed by atoms with Gasteiger partial charge in [0.15, 0.2) is 0 Å². The van der Waals surface area contributed by atoms with E-state index in [9.17, 15) is 4.79 Å². The van der Waals surface area contributed by atoms with Crippen LogP contribution < -0.4 is 9.75 Å². The zero-order valence-corrected chi connectivity index (χ0v) is 19.0. The van der Waals surface area contributed by atoms with Crippen LogP contribution in [0.1, 0.15) is 16.7 Å². The molecule has 0 saturated carbocycles. The Hall–Kier alpha value is -4.15. The fraction of sp³-hybridized carbons (Fsp3) is 0.0345. The summed E-state index contributed by atoms with van der Waals surface area (Å²) in [4.78, 5) is 13.5. The Labute approximate surface area is 203 Å². The molecule has 1 aliphatic rings. The highest BCUT2D eigenvalue weighted by Crippen LogP contribution is 2.30. The number of hydrogen-bond donors (Lipinski definition) is 0. The molecule has 0 bridgehead atoms. The number of anilines is 1. The van der Waals surface area contributed by atoms with Gasteiger partial charge in [-0.1, -0.05) is 90.5 Å². The minimum Gasteiger partial charge on any atom is -0.488 e. The molecular formula is C29H21ClN2O2. The monoisotopic (exact) mass is 464 g/mol. The van der Waals surface area contributed by atoms with Crippen molar-refractivity contribution in [2.24, 2.45) is 5.10 Å². The van der Waals surface area contributed by atoms with Crippen LogP contribution in [0.15, 0.2) is 120 Å². The fourth-order valence-corrected chi connectivity index (χ4v) is 3.85. The first-order chi connectivity index (χ1) is 16.7. The molecule has 4 aromatic rings. The van der Waals surface area contributed by atoms with Gasteiger partial charge in [-0.15, -0.1) is 0 Å². The minimum absolute atomic E-state index is 0.183. The number of carbonyl (C=O) groups excluding carboxylic acids is 1. The van der Waals surface area contributed by atoms with Crippen molar-refractivity contribution in [3.63, 3.8) is 0 Å². The molecule has 0 aliphatic carbocycles. The molecule has 1 amide bonds. The van der Waals surface area contributed by atoms with Crippen LogP contribution >= 0.6 is 11.6 Å². The van der Waals surface area contributed by atoms with Crippen molar-refractivity contribution in [2.45, 2.75) is 6.61 Å². The Morgan fingerprint density at radius 2 is 1.44 bits per heavy atom. The summed E-state index contributed by atoms with van der Waals surface area (Å²) in [5.41, 5.74) is 4.54. The lowest BCUT2D eigenvalue weighted by Crippen LogP contribution is -2.21. The van der Waals surface area contributed by atoms with E-state index in [-0.39, 0.29) is 5.91 Å². The SMILES string of the molecule is O=C1C(=Cc2ccccc2OCc2ccc(Cl)cc2)C(c2ccccc2)=NN1c1ccccc1. The van der Waals surface area contributed by atoms with Crippen LogP contribution in [-0.2, 0) is 11.4 Å².